The van der Waals surface area contributed by atoms with Gasteiger partial charge in [-0.15, -0.1) is 0 Å². The molecule has 0 N–H and O–H groups in total. The minimum atomic E-state index is -2.84. The van der Waals surface area contributed by atoms with E-state index in [0.29, 0.717) is 0 Å². The van der Waals surface area contributed by atoms with E-state index < -0.39 is 8.07 Å². The second kappa shape index (κ2) is 31.3. The summed E-state index contributed by atoms with van der Waals surface area (Å²) in [4.78, 5) is 0. The first-order valence-corrected chi connectivity index (χ1v) is 29.6. The van der Waals surface area contributed by atoms with Gasteiger partial charge in [-0.2, -0.15) is 0 Å². The summed E-state index contributed by atoms with van der Waals surface area (Å²) in [6.45, 7) is 16.5. The van der Waals surface area contributed by atoms with Crippen molar-refractivity contribution in [3.63, 3.8) is 0 Å². The molecule has 0 spiro atoms. The Bertz CT molecular complexity index is 1470. The maximum atomic E-state index is 2.79. The third-order valence-corrected chi connectivity index (χ3v) is 19.0. The van der Waals surface area contributed by atoms with Crippen molar-refractivity contribution >= 4 is 23.6 Å². The zero-order chi connectivity index (χ0) is 45.0. The van der Waals surface area contributed by atoms with Crippen molar-refractivity contribution in [2.75, 3.05) is 0 Å². The van der Waals surface area contributed by atoms with E-state index in [0.717, 1.165) is 6.42 Å². The Morgan fingerprint density at radius 1 is 0.286 bits per heavy atom. The summed E-state index contributed by atoms with van der Waals surface area (Å²) >= 11 is 0. The highest BCUT2D eigenvalue weighted by atomic mass is 28.3. The van der Waals surface area contributed by atoms with Gasteiger partial charge in [0.15, 0.2) is 8.07 Å². The van der Waals surface area contributed by atoms with Gasteiger partial charge in [0.25, 0.3) is 0 Å². The summed E-state index contributed by atoms with van der Waals surface area (Å²) in [6, 6.07) is 24.7. The molecule has 1 radical (unpaired) electrons. The van der Waals surface area contributed by atoms with Crippen LogP contribution >= 0.6 is 0 Å². The molecule has 0 fully saturated rings. The van der Waals surface area contributed by atoms with E-state index in [-0.39, 0.29) is 0 Å². The van der Waals surface area contributed by atoms with Gasteiger partial charge < -0.3 is 0 Å². The van der Waals surface area contributed by atoms with Crippen molar-refractivity contribution in [3.8, 4) is 0 Å². The van der Waals surface area contributed by atoms with Crippen LogP contribution in [-0.4, -0.2) is 8.07 Å². The number of unbranched alkanes of at least 4 members (excludes halogenated alkanes) is 18. The van der Waals surface area contributed by atoms with Crippen molar-refractivity contribution in [1.82, 2.24) is 0 Å². The van der Waals surface area contributed by atoms with Crippen LogP contribution in [0.3, 0.4) is 0 Å². The van der Waals surface area contributed by atoms with Crippen LogP contribution in [0.15, 0.2) is 78.4 Å². The number of allylic oxidation sites excluding steroid dienone is 4. The molecule has 0 aliphatic heterocycles. The lowest BCUT2D eigenvalue weighted by Gasteiger charge is -2.41. The second-order valence-electron chi connectivity index (χ2n) is 19.9. The average Bonchev–Trinajstić information content (AvgIpc) is 3.76. The molecule has 0 unspecified atom stereocenters. The van der Waals surface area contributed by atoms with Gasteiger partial charge in [0.2, 0.25) is 0 Å². The summed E-state index contributed by atoms with van der Waals surface area (Å²) in [5, 5.41) is 5.01. The molecule has 0 saturated heterocycles. The van der Waals surface area contributed by atoms with E-state index in [9.17, 15) is 0 Å². The van der Waals surface area contributed by atoms with Gasteiger partial charge in [-0.05, 0) is 132 Å². The smallest absolute Gasteiger partial charge is 0.0750 e. The van der Waals surface area contributed by atoms with Crippen LogP contribution in [0.2, 0.25) is 0 Å². The average molecular weight is 871 g/mol. The lowest BCUT2D eigenvalue weighted by Crippen LogP contribution is -2.71. The van der Waals surface area contributed by atoms with Crippen LogP contribution in [0, 0.1) is 5.54 Å². The summed E-state index contributed by atoms with van der Waals surface area (Å²) in [7, 11) is -2.84. The molecule has 0 bridgehead atoms. The van der Waals surface area contributed by atoms with Gasteiger partial charge in [0.05, 0.1) is 0 Å². The standard InChI is InChI=1S/C62H97Si/c1-8-15-21-27-35-52-43-53(36-28-22-16-9-2)47-59(46-52)63(62-42-33-41-58(62)34-14-7,60-48-54(37-29-23-17-10-3)44-55(49-60)38-30-24-18-11-4)61-50-56(39-31-25-19-12-5)45-57(51-61)40-32-26-20-13-6/h33,41-51H,8-32,34-40H2,1-7H3. The Hall–Kier alpha value is -2.64. The summed E-state index contributed by atoms with van der Waals surface area (Å²) in [5.74, 6) is 0. The molecule has 4 rings (SSSR count). The van der Waals surface area contributed by atoms with E-state index in [4.69, 9.17) is 0 Å². The number of aryl methyl sites for hydroxylation is 6. The fraction of sp³-hybridized carbons (Fsp3) is 0.629. The molecule has 0 atom stereocenters. The summed E-state index contributed by atoms with van der Waals surface area (Å²) < 4.78 is 0. The van der Waals surface area contributed by atoms with Gasteiger partial charge in [0, 0.05) is 5.54 Å². The second-order valence-corrected chi connectivity index (χ2v) is 23.7. The Morgan fingerprint density at radius 3 is 0.794 bits per heavy atom. The monoisotopic (exact) mass is 870 g/mol. The van der Waals surface area contributed by atoms with Crippen LogP contribution in [-0.2, 0) is 38.5 Å². The molecule has 0 heterocycles. The fourth-order valence-electron chi connectivity index (χ4n) is 10.6. The molecule has 1 aliphatic rings. The Balaban J connectivity index is 2.13. The van der Waals surface area contributed by atoms with E-state index >= 15 is 0 Å². The zero-order valence-corrected chi connectivity index (χ0v) is 43.6. The van der Waals surface area contributed by atoms with Crippen molar-refractivity contribution < 1.29 is 0 Å². The molecular weight excluding hydrogens is 773 g/mol. The van der Waals surface area contributed by atoms with Crippen LogP contribution in [0.5, 0.6) is 0 Å². The van der Waals surface area contributed by atoms with E-state index in [1.165, 1.54) is 199 Å². The third kappa shape index (κ3) is 17.3. The van der Waals surface area contributed by atoms with Crippen LogP contribution < -0.4 is 15.6 Å². The van der Waals surface area contributed by atoms with Gasteiger partial charge in [0.1, 0.15) is 0 Å². The maximum absolute atomic E-state index is 2.84. The molecule has 1 aliphatic carbocycles. The van der Waals surface area contributed by atoms with Crippen molar-refractivity contribution in [2.24, 2.45) is 0 Å². The normalized spacial score (nSPS) is 13.1. The first-order valence-electron chi connectivity index (χ1n) is 27.6. The minimum absolute atomic E-state index is 1.15. The van der Waals surface area contributed by atoms with Crippen molar-refractivity contribution in [2.45, 2.75) is 254 Å². The first-order chi connectivity index (χ1) is 31.0. The molecule has 349 valence electrons. The van der Waals surface area contributed by atoms with Crippen LogP contribution in [0.1, 0.15) is 249 Å². The Morgan fingerprint density at radius 2 is 0.556 bits per heavy atom. The predicted molar refractivity (Wildman–Crippen MR) is 286 cm³/mol. The highest BCUT2D eigenvalue weighted by Gasteiger charge is 2.49. The van der Waals surface area contributed by atoms with Gasteiger partial charge in [-0.1, -0.05) is 249 Å². The van der Waals surface area contributed by atoms with Gasteiger partial charge in [-0.25, -0.2) is 0 Å². The van der Waals surface area contributed by atoms with Crippen LogP contribution in [0.4, 0.5) is 0 Å². The lowest BCUT2D eigenvalue weighted by atomic mass is 10.00. The number of hydrogen-bond donors (Lipinski definition) is 0. The largest absolute Gasteiger partial charge is 0.163 e. The predicted octanol–water partition coefficient (Wildman–Crippen LogP) is 17.3. The first kappa shape index (κ1) is 53.0. The fourth-order valence-corrected chi connectivity index (χ4v) is 16.0. The van der Waals surface area contributed by atoms with E-state index in [1.807, 2.05) is 0 Å². The number of rotatable bonds is 36. The quantitative estimate of drug-likeness (QED) is 0.0310. The molecule has 63 heavy (non-hydrogen) atoms. The molecule has 1 heteroatoms. The van der Waals surface area contributed by atoms with Gasteiger partial charge >= 0.3 is 0 Å². The van der Waals surface area contributed by atoms with Crippen LogP contribution in [0.25, 0.3) is 0 Å². The molecule has 0 nitrogen and oxygen atoms in total. The zero-order valence-electron chi connectivity index (χ0n) is 42.6. The SMILES string of the molecule is CCCCCCc1cc(CCCCCC)cc([Si]([C]2C=CC=C2CCC)(c2cc(CCCCCC)cc(CCCCCC)c2)c2cc(CCCCCC)cc(CCCCCC)c2)c1. The molecule has 3 aromatic rings. The molecule has 0 aromatic heterocycles. The topological polar surface area (TPSA) is 0 Å². The van der Waals surface area contributed by atoms with Gasteiger partial charge in [-0.3, -0.25) is 0 Å². The highest BCUT2D eigenvalue weighted by Crippen LogP contribution is 2.36. The number of hydrogen-bond acceptors (Lipinski definition) is 0. The third-order valence-electron chi connectivity index (χ3n) is 14.2. The Labute approximate surface area is 393 Å². The van der Waals surface area contributed by atoms with Crippen molar-refractivity contribution in [1.29, 1.82) is 0 Å². The highest BCUT2D eigenvalue weighted by molar-refractivity contribution is 7.16. The molecule has 0 amide bonds. The maximum Gasteiger partial charge on any atom is 0.163 e. The van der Waals surface area contributed by atoms with E-state index in [2.05, 4.69) is 121 Å². The minimum Gasteiger partial charge on any atom is -0.0750 e. The summed E-state index contributed by atoms with van der Waals surface area (Å²) in [6.07, 6.45) is 48.7. The summed E-state index contributed by atoms with van der Waals surface area (Å²) in [5.41, 5.74) is 12.9. The number of benzene rings is 3. The molecule has 3 aromatic carbocycles. The Kier molecular flexibility index (Phi) is 26.3. The lowest BCUT2D eigenvalue weighted by molar-refractivity contribution is 0.661. The van der Waals surface area contributed by atoms with Crippen molar-refractivity contribution in [3.05, 3.63) is 117 Å². The molecule has 0 saturated carbocycles. The molecular formula is C62H97Si. The van der Waals surface area contributed by atoms with E-state index in [1.54, 1.807) is 60.1 Å².